The smallest absolute Gasteiger partial charge is 0.0906 e. The highest BCUT2D eigenvalue weighted by Crippen LogP contribution is 2.34. The van der Waals surface area contributed by atoms with Gasteiger partial charge in [0.25, 0.3) is 0 Å². The molecule has 0 aliphatic rings. The number of aromatic nitrogens is 1. The van der Waals surface area contributed by atoms with E-state index >= 15 is 0 Å². The summed E-state index contributed by atoms with van der Waals surface area (Å²) in [5.41, 5.74) is 3.95. The summed E-state index contributed by atoms with van der Waals surface area (Å²) in [6.45, 7) is 2.10. The van der Waals surface area contributed by atoms with Gasteiger partial charge in [-0.15, -0.1) is 0 Å². The van der Waals surface area contributed by atoms with Crippen molar-refractivity contribution in [1.82, 2.24) is 4.98 Å². The van der Waals surface area contributed by atoms with Crippen molar-refractivity contribution in [3.8, 4) is 0 Å². The zero-order valence-electron chi connectivity index (χ0n) is 13.6. The van der Waals surface area contributed by atoms with Crippen LogP contribution in [-0.2, 0) is 0 Å². The molecule has 2 aromatic carbocycles. The molecule has 1 atom stereocenters. The lowest BCUT2D eigenvalue weighted by Gasteiger charge is -2.26. The quantitative estimate of drug-likeness (QED) is 0.420. The van der Waals surface area contributed by atoms with Crippen LogP contribution in [0.25, 0.3) is 0 Å². The first kappa shape index (κ1) is 15.9. The lowest BCUT2D eigenvalue weighted by Crippen LogP contribution is -2.22. The first-order valence-electron chi connectivity index (χ1n) is 8.03. The van der Waals surface area contributed by atoms with Crippen LogP contribution in [0, 0.1) is 5.92 Å². The number of nitrogens with zero attached hydrogens (tertiary/aromatic N) is 2. The van der Waals surface area contributed by atoms with Crippen molar-refractivity contribution in [1.29, 1.82) is 0 Å². The second-order valence-corrected chi connectivity index (χ2v) is 5.81. The van der Waals surface area contributed by atoms with Crippen molar-refractivity contribution >= 4 is 5.71 Å². The van der Waals surface area contributed by atoms with Gasteiger partial charge in [0, 0.05) is 29.8 Å². The zero-order valence-corrected chi connectivity index (χ0v) is 13.6. The van der Waals surface area contributed by atoms with Gasteiger partial charge in [0.05, 0.1) is 5.71 Å². The fourth-order valence-corrected chi connectivity index (χ4v) is 3.18. The summed E-state index contributed by atoms with van der Waals surface area (Å²) in [7, 11) is 0. The summed E-state index contributed by atoms with van der Waals surface area (Å²) in [5.74, 6) is 0.105. The highest BCUT2D eigenvalue weighted by molar-refractivity contribution is 6.02. The molecule has 3 nitrogen and oxygen atoms in total. The number of oxime groups is 1. The molecule has 0 saturated carbocycles. The Labute approximate surface area is 142 Å². The molecule has 3 rings (SSSR count). The average Bonchev–Trinajstić information content (AvgIpc) is 2.65. The lowest BCUT2D eigenvalue weighted by molar-refractivity contribution is 0.315. The monoisotopic (exact) mass is 316 g/mol. The number of rotatable bonds is 5. The van der Waals surface area contributed by atoms with E-state index < -0.39 is 0 Å². The Kier molecular flexibility index (Phi) is 5.02. The molecule has 24 heavy (non-hydrogen) atoms. The van der Waals surface area contributed by atoms with E-state index in [1.165, 1.54) is 11.1 Å². The molecule has 0 amide bonds. The third-order valence-electron chi connectivity index (χ3n) is 4.33. The SMILES string of the molecule is CC(C(=NO)c1ccncc1)C(c1ccccc1)c1ccccc1. The van der Waals surface area contributed by atoms with Gasteiger partial charge in [-0.3, -0.25) is 4.98 Å². The Morgan fingerprint density at radius 2 is 1.33 bits per heavy atom. The van der Waals surface area contributed by atoms with E-state index in [1.807, 2.05) is 48.5 Å². The Balaban J connectivity index is 2.05. The number of hydrogen-bond donors (Lipinski definition) is 1. The molecule has 1 heterocycles. The van der Waals surface area contributed by atoms with E-state index in [9.17, 15) is 5.21 Å². The van der Waals surface area contributed by atoms with E-state index in [-0.39, 0.29) is 11.8 Å². The van der Waals surface area contributed by atoms with Crippen LogP contribution in [0.2, 0.25) is 0 Å². The highest BCUT2D eigenvalue weighted by Gasteiger charge is 2.26. The van der Waals surface area contributed by atoms with E-state index in [0.717, 1.165) is 5.56 Å². The van der Waals surface area contributed by atoms with Crippen molar-refractivity contribution in [3.05, 3.63) is 102 Å². The van der Waals surface area contributed by atoms with E-state index in [0.29, 0.717) is 5.71 Å². The molecule has 3 aromatic rings. The molecule has 1 N–H and O–H groups in total. The molecule has 0 aliphatic carbocycles. The third kappa shape index (κ3) is 3.35. The maximum Gasteiger partial charge on any atom is 0.0906 e. The van der Waals surface area contributed by atoms with Crippen molar-refractivity contribution in [2.24, 2.45) is 11.1 Å². The molecule has 0 fully saturated rings. The number of benzene rings is 2. The number of hydrogen-bond acceptors (Lipinski definition) is 3. The van der Waals surface area contributed by atoms with Crippen molar-refractivity contribution in [2.45, 2.75) is 12.8 Å². The van der Waals surface area contributed by atoms with Crippen LogP contribution in [0.3, 0.4) is 0 Å². The van der Waals surface area contributed by atoms with Gasteiger partial charge in [-0.2, -0.15) is 0 Å². The van der Waals surface area contributed by atoms with Gasteiger partial charge in [0.1, 0.15) is 0 Å². The summed E-state index contributed by atoms with van der Waals surface area (Å²) in [6, 6.07) is 24.4. The third-order valence-corrected chi connectivity index (χ3v) is 4.33. The second-order valence-electron chi connectivity index (χ2n) is 5.81. The summed E-state index contributed by atoms with van der Waals surface area (Å²) in [4.78, 5) is 4.05. The predicted molar refractivity (Wildman–Crippen MR) is 96.5 cm³/mol. The normalized spacial score (nSPS) is 13.0. The van der Waals surface area contributed by atoms with Crippen molar-refractivity contribution in [2.75, 3.05) is 0 Å². The first-order valence-corrected chi connectivity index (χ1v) is 8.03. The maximum absolute atomic E-state index is 9.66. The van der Waals surface area contributed by atoms with Gasteiger partial charge in [-0.1, -0.05) is 72.7 Å². The van der Waals surface area contributed by atoms with E-state index in [1.54, 1.807) is 12.4 Å². The molecule has 0 aliphatic heterocycles. The first-order chi connectivity index (χ1) is 11.8. The molecular weight excluding hydrogens is 296 g/mol. The molecule has 3 heteroatoms. The minimum absolute atomic E-state index is 0.00204. The van der Waals surface area contributed by atoms with Gasteiger partial charge in [-0.25, -0.2) is 0 Å². The second kappa shape index (κ2) is 7.55. The highest BCUT2D eigenvalue weighted by atomic mass is 16.4. The van der Waals surface area contributed by atoms with Gasteiger partial charge in [0.15, 0.2) is 0 Å². The fourth-order valence-electron chi connectivity index (χ4n) is 3.18. The molecule has 0 bridgehead atoms. The van der Waals surface area contributed by atoms with Gasteiger partial charge < -0.3 is 5.21 Å². The molecule has 0 spiro atoms. The molecular formula is C21H20N2O. The Hall–Kier alpha value is -2.94. The minimum Gasteiger partial charge on any atom is -0.411 e. The van der Waals surface area contributed by atoms with Crippen LogP contribution >= 0.6 is 0 Å². The summed E-state index contributed by atoms with van der Waals surface area (Å²) >= 11 is 0. The molecule has 0 saturated heterocycles. The molecule has 1 aromatic heterocycles. The van der Waals surface area contributed by atoms with Crippen LogP contribution in [0.1, 0.15) is 29.5 Å². The molecule has 1 unspecified atom stereocenters. The largest absolute Gasteiger partial charge is 0.411 e. The number of pyridine rings is 1. The summed E-state index contributed by atoms with van der Waals surface area (Å²) in [6.07, 6.45) is 3.43. The van der Waals surface area contributed by atoms with Crippen LogP contribution < -0.4 is 0 Å². The standard InChI is InChI=1S/C21H20N2O/c1-16(21(23-24)19-12-14-22-15-13-19)20(17-8-4-2-5-9-17)18-10-6-3-7-11-18/h2-16,20,24H,1H3. The maximum atomic E-state index is 9.66. The summed E-state index contributed by atoms with van der Waals surface area (Å²) in [5, 5.41) is 13.3. The topological polar surface area (TPSA) is 45.5 Å². The lowest BCUT2D eigenvalue weighted by atomic mass is 9.78. The van der Waals surface area contributed by atoms with Crippen LogP contribution in [-0.4, -0.2) is 15.9 Å². The van der Waals surface area contributed by atoms with Gasteiger partial charge in [0.2, 0.25) is 0 Å². The van der Waals surface area contributed by atoms with Crippen molar-refractivity contribution < 1.29 is 5.21 Å². The van der Waals surface area contributed by atoms with Crippen LogP contribution in [0.5, 0.6) is 0 Å². The molecule has 120 valence electrons. The summed E-state index contributed by atoms with van der Waals surface area (Å²) < 4.78 is 0. The van der Waals surface area contributed by atoms with Gasteiger partial charge in [-0.05, 0) is 23.3 Å². The van der Waals surface area contributed by atoms with Crippen LogP contribution in [0.15, 0.2) is 90.3 Å². The van der Waals surface area contributed by atoms with E-state index in [2.05, 4.69) is 41.3 Å². The van der Waals surface area contributed by atoms with Crippen molar-refractivity contribution in [3.63, 3.8) is 0 Å². The Bertz CT molecular complexity index is 746. The Morgan fingerprint density at radius 1 is 0.833 bits per heavy atom. The average molecular weight is 316 g/mol. The van der Waals surface area contributed by atoms with E-state index in [4.69, 9.17) is 0 Å². The van der Waals surface area contributed by atoms with Crippen LogP contribution in [0.4, 0.5) is 0 Å². The molecule has 0 radical (unpaired) electrons. The zero-order chi connectivity index (χ0) is 16.8. The minimum atomic E-state index is 0.00204. The predicted octanol–water partition coefficient (Wildman–Crippen LogP) is 4.73. The fraction of sp³-hybridized carbons (Fsp3) is 0.143. The Morgan fingerprint density at radius 3 is 1.79 bits per heavy atom. The van der Waals surface area contributed by atoms with Gasteiger partial charge >= 0.3 is 0 Å².